The van der Waals surface area contributed by atoms with Crippen molar-refractivity contribution in [3.63, 3.8) is 0 Å². The second-order valence-corrected chi connectivity index (χ2v) is 7.49. The highest BCUT2D eigenvalue weighted by molar-refractivity contribution is 7.22. The minimum atomic E-state index is -0.147. The molecule has 0 aliphatic heterocycles. The molecule has 2 aromatic carbocycles. The summed E-state index contributed by atoms with van der Waals surface area (Å²) < 4.78 is 4.44. The number of carbonyl (C=O) groups is 1. The van der Waals surface area contributed by atoms with Crippen molar-refractivity contribution >= 4 is 43.6 Å². The van der Waals surface area contributed by atoms with Crippen molar-refractivity contribution in [3.8, 4) is 0 Å². The van der Waals surface area contributed by atoms with Crippen LogP contribution in [0, 0.1) is 6.92 Å². The molecule has 2 aromatic heterocycles. The Morgan fingerprint density at radius 3 is 2.63 bits per heavy atom. The number of aromatic nitrogens is 3. The van der Waals surface area contributed by atoms with Crippen molar-refractivity contribution < 1.29 is 4.79 Å². The summed E-state index contributed by atoms with van der Waals surface area (Å²) in [7, 11) is 0. The third-order valence-electron chi connectivity index (χ3n) is 4.59. The summed E-state index contributed by atoms with van der Waals surface area (Å²) in [5.74, 6) is -0.147. The quantitative estimate of drug-likeness (QED) is 0.573. The van der Waals surface area contributed by atoms with E-state index in [0.29, 0.717) is 18.2 Å². The number of hydrogen-bond donors (Lipinski definition) is 1. The number of imidazole rings is 1. The number of amides is 1. The van der Waals surface area contributed by atoms with Crippen LogP contribution in [0.1, 0.15) is 18.9 Å². The molecule has 1 amide bonds. The summed E-state index contributed by atoms with van der Waals surface area (Å²) >= 11 is 1.46. The van der Waals surface area contributed by atoms with Gasteiger partial charge in [-0.15, -0.1) is 0 Å². The Morgan fingerprint density at radius 2 is 1.89 bits per heavy atom. The van der Waals surface area contributed by atoms with Crippen molar-refractivity contribution in [1.29, 1.82) is 0 Å². The first kappa shape index (κ1) is 17.5. The molecule has 0 atom stereocenters. The van der Waals surface area contributed by atoms with Gasteiger partial charge in [-0.2, -0.15) is 0 Å². The summed E-state index contributed by atoms with van der Waals surface area (Å²) in [5.41, 5.74) is 3.71. The van der Waals surface area contributed by atoms with E-state index in [4.69, 9.17) is 0 Å². The van der Waals surface area contributed by atoms with E-state index in [1.54, 1.807) is 9.13 Å². The summed E-state index contributed by atoms with van der Waals surface area (Å²) in [6.07, 6.45) is 0.215. The molecule has 0 unspecified atom stereocenters. The smallest absolute Gasteiger partial charge is 0.302 e. The molecule has 0 aliphatic rings. The van der Waals surface area contributed by atoms with Gasteiger partial charge in [0.2, 0.25) is 5.91 Å². The van der Waals surface area contributed by atoms with E-state index in [-0.39, 0.29) is 18.0 Å². The Hall–Kier alpha value is -2.93. The van der Waals surface area contributed by atoms with E-state index in [0.717, 1.165) is 26.8 Å². The molecule has 138 valence electrons. The summed E-state index contributed by atoms with van der Waals surface area (Å²) in [4.78, 5) is 29.5. The van der Waals surface area contributed by atoms with Gasteiger partial charge in [0.1, 0.15) is 0 Å². The first-order chi connectivity index (χ1) is 13.1. The maximum Gasteiger partial charge on any atom is 0.329 e. The van der Waals surface area contributed by atoms with Crippen molar-refractivity contribution in [3.05, 3.63) is 58.5 Å². The van der Waals surface area contributed by atoms with Crippen molar-refractivity contribution in [2.24, 2.45) is 0 Å². The van der Waals surface area contributed by atoms with Crippen LogP contribution in [0.25, 0.3) is 21.3 Å². The fraction of sp³-hybridized carbons (Fsp3) is 0.250. The summed E-state index contributed by atoms with van der Waals surface area (Å²) in [5, 5.41) is 3.44. The number of nitrogens with one attached hydrogen (secondary N) is 1. The van der Waals surface area contributed by atoms with Crippen LogP contribution in [0.5, 0.6) is 0 Å². The molecule has 6 nitrogen and oxygen atoms in total. The monoisotopic (exact) mass is 380 g/mol. The number of hydrogen-bond acceptors (Lipinski definition) is 4. The van der Waals surface area contributed by atoms with Crippen LogP contribution in [0.2, 0.25) is 0 Å². The molecular weight excluding hydrogens is 360 g/mol. The normalized spacial score (nSPS) is 11.3. The molecule has 0 saturated heterocycles. The Kier molecular flexibility index (Phi) is 4.53. The average Bonchev–Trinajstić information content (AvgIpc) is 3.16. The predicted octanol–water partition coefficient (Wildman–Crippen LogP) is 3.77. The van der Waals surface area contributed by atoms with Gasteiger partial charge in [0.15, 0.2) is 5.13 Å². The lowest BCUT2D eigenvalue weighted by atomic mass is 10.2. The fourth-order valence-corrected chi connectivity index (χ4v) is 4.25. The third-order valence-corrected chi connectivity index (χ3v) is 5.53. The lowest BCUT2D eigenvalue weighted by Crippen LogP contribution is -2.25. The minimum absolute atomic E-state index is 0.0815. The molecule has 0 fully saturated rings. The van der Waals surface area contributed by atoms with Crippen LogP contribution in [-0.4, -0.2) is 20.0 Å². The number of para-hydroxylation sites is 2. The Bertz CT molecular complexity index is 1200. The number of fused-ring (bicyclic) bond motifs is 2. The summed E-state index contributed by atoms with van der Waals surface area (Å²) in [6, 6.07) is 13.7. The molecule has 2 heterocycles. The Labute approximate surface area is 160 Å². The number of benzene rings is 2. The molecule has 0 bridgehead atoms. The van der Waals surface area contributed by atoms with E-state index in [1.165, 1.54) is 11.3 Å². The topological polar surface area (TPSA) is 68.9 Å². The SMILES string of the molecule is CCn1c(=O)n(CCC(=O)Nc2nc3ccc(C)cc3s2)c2ccccc21. The second-order valence-electron chi connectivity index (χ2n) is 6.46. The molecule has 7 heteroatoms. The molecule has 0 radical (unpaired) electrons. The first-order valence-corrected chi connectivity index (χ1v) is 9.73. The molecule has 0 aliphatic carbocycles. The van der Waals surface area contributed by atoms with Gasteiger partial charge in [0.05, 0.1) is 21.3 Å². The van der Waals surface area contributed by atoms with E-state index < -0.39 is 0 Å². The first-order valence-electron chi connectivity index (χ1n) is 8.92. The number of carbonyl (C=O) groups excluding carboxylic acids is 1. The van der Waals surface area contributed by atoms with E-state index in [1.807, 2.05) is 50.2 Å². The molecule has 27 heavy (non-hydrogen) atoms. The van der Waals surface area contributed by atoms with Crippen LogP contribution < -0.4 is 11.0 Å². The maximum atomic E-state index is 12.6. The lowest BCUT2D eigenvalue weighted by molar-refractivity contribution is -0.116. The van der Waals surface area contributed by atoms with E-state index >= 15 is 0 Å². The van der Waals surface area contributed by atoms with Gasteiger partial charge in [-0.3, -0.25) is 13.9 Å². The highest BCUT2D eigenvalue weighted by atomic mass is 32.1. The van der Waals surface area contributed by atoms with Gasteiger partial charge < -0.3 is 5.32 Å². The Morgan fingerprint density at radius 1 is 1.15 bits per heavy atom. The standard InChI is InChI=1S/C20H20N4O2S/c1-3-23-15-6-4-5-7-16(15)24(20(23)26)11-10-18(25)22-19-21-14-9-8-13(2)12-17(14)27-19/h4-9,12H,3,10-11H2,1-2H3,(H,21,22,25). The van der Waals surface area contributed by atoms with Crippen molar-refractivity contribution in [1.82, 2.24) is 14.1 Å². The van der Waals surface area contributed by atoms with E-state index in [2.05, 4.69) is 16.4 Å². The maximum absolute atomic E-state index is 12.6. The van der Waals surface area contributed by atoms with Gasteiger partial charge in [0, 0.05) is 19.5 Å². The molecule has 0 spiro atoms. The van der Waals surface area contributed by atoms with E-state index in [9.17, 15) is 9.59 Å². The predicted molar refractivity (Wildman–Crippen MR) is 109 cm³/mol. The van der Waals surface area contributed by atoms with Crippen LogP contribution in [0.15, 0.2) is 47.3 Å². The zero-order valence-electron chi connectivity index (χ0n) is 15.2. The Balaban J connectivity index is 1.51. The molecule has 4 rings (SSSR count). The van der Waals surface area contributed by atoms with Gasteiger partial charge in [0.25, 0.3) is 0 Å². The van der Waals surface area contributed by atoms with Gasteiger partial charge in [-0.05, 0) is 43.7 Å². The third kappa shape index (κ3) is 3.26. The van der Waals surface area contributed by atoms with Crippen molar-refractivity contribution in [2.45, 2.75) is 33.4 Å². The minimum Gasteiger partial charge on any atom is -0.302 e. The number of aryl methyl sites for hydroxylation is 3. The fourth-order valence-electron chi connectivity index (χ4n) is 3.27. The van der Waals surface area contributed by atoms with Crippen LogP contribution >= 0.6 is 11.3 Å². The van der Waals surface area contributed by atoms with Crippen LogP contribution in [0.4, 0.5) is 5.13 Å². The van der Waals surface area contributed by atoms with Gasteiger partial charge in [-0.1, -0.05) is 29.5 Å². The largest absolute Gasteiger partial charge is 0.329 e. The number of thiazole rings is 1. The van der Waals surface area contributed by atoms with Gasteiger partial charge >= 0.3 is 5.69 Å². The average molecular weight is 380 g/mol. The highest BCUT2D eigenvalue weighted by Gasteiger charge is 2.13. The van der Waals surface area contributed by atoms with Crippen LogP contribution in [-0.2, 0) is 17.9 Å². The lowest BCUT2D eigenvalue weighted by Gasteiger charge is -2.03. The molecule has 4 aromatic rings. The van der Waals surface area contributed by atoms with Crippen molar-refractivity contribution in [2.75, 3.05) is 5.32 Å². The molecule has 0 saturated carbocycles. The second kappa shape index (κ2) is 7.00. The zero-order chi connectivity index (χ0) is 19.0. The molecular formula is C20H20N4O2S. The van der Waals surface area contributed by atoms with Gasteiger partial charge in [-0.25, -0.2) is 9.78 Å². The number of rotatable bonds is 5. The number of anilines is 1. The zero-order valence-corrected chi connectivity index (χ0v) is 16.0. The molecule has 1 N–H and O–H groups in total. The highest BCUT2D eigenvalue weighted by Crippen LogP contribution is 2.26. The van der Waals surface area contributed by atoms with Crippen LogP contribution in [0.3, 0.4) is 0 Å². The summed E-state index contributed by atoms with van der Waals surface area (Å²) in [6.45, 7) is 4.91. The number of nitrogens with zero attached hydrogens (tertiary/aromatic N) is 3.